The van der Waals surface area contributed by atoms with Crippen LogP contribution in [0.25, 0.3) is 0 Å². The number of hydrogen-bond acceptors (Lipinski definition) is 2. The van der Waals surface area contributed by atoms with Crippen LogP contribution in [-0.2, 0) is 0 Å². The largest absolute Gasteiger partial charge is 0.487 e. The first-order valence-corrected chi connectivity index (χ1v) is 10.2. The molecule has 134 valence electrons. The van der Waals surface area contributed by atoms with Crippen LogP contribution < -0.4 is 4.74 Å². The summed E-state index contributed by atoms with van der Waals surface area (Å²) in [5.74, 6) is 1.78. The summed E-state index contributed by atoms with van der Waals surface area (Å²) in [5.41, 5.74) is 2.47. The van der Waals surface area contributed by atoms with Crippen molar-refractivity contribution in [1.82, 2.24) is 0 Å². The van der Waals surface area contributed by atoms with Gasteiger partial charge in [-0.05, 0) is 55.7 Å². The maximum atomic E-state index is 10.3. The molecule has 0 bridgehead atoms. The average Bonchev–Trinajstić information content (AvgIpc) is 2.95. The van der Waals surface area contributed by atoms with Gasteiger partial charge in [-0.25, -0.2) is 0 Å². The van der Waals surface area contributed by atoms with Crippen molar-refractivity contribution < 1.29 is 9.84 Å². The molecule has 3 unspecified atom stereocenters. The smallest absolute Gasteiger partial charge is 0.131 e. The molecule has 24 heavy (non-hydrogen) atoms. The van der Waals surface area contributed by atoms with Crippen LogP contribution in [0.1, 0.15) is 94.6 Å². The van der Waals surface area contributed by atoms with E-state index in [1.807, 2.05) is 0 Å². The Balaban J connectivity index is 1.86. The third kappa shape index (κ3) is 3.60. The summed E-state index contributed by atoms with van der Waals surface area (Å²) in [6.07, 6.45) is 9.95. The molecule has 0 amide bonds. The van der Waals surface area contributed by atoms with Gasteiger partial charge in [-0.1, -0.05) is 51.1 Å². The Morgan fingerprint density at radius 1 is 1.17 bits per heavy atom. The van der Waals surface area contributed by atoms with Gasteiger partial charge in [0.05, 0.1) is 6.10 Å². The molecule has 3 heteroatoms. The van der Waals surface area contributed by atoms with Gasteiger partial charge >= 0.3 is 0 Å². The van der Waals surface area contributed by atoms with Crippen molar-refractivity contribution in [2.24, 2.45) is 0 Å². The molecule has 0 spiro atoms. The second-order valence-corrected chi connectivity index (χ2v) is 7.99. The molecule has 0 aromatic heterocycles. The van der Waals surface area contributed by atoms with E-state index >= 15 is 0 Å². The maximum Gasteiger partial charge on any atom is 0.131 e. The normalized spacial score (nSPS) is 25.5. The summed E-state index contributed by atoms with van der Waals surface area (Å²) in [6, 6.07) is 4.41. The minimum Gasteiger partial charge on any atom is -0.487 e. The lowest BCUT2D eigenvalue weighted by Gasteiger charge is -2.29. The lowest BCUT2D eigenvalue weighted by molar-refractivity contribution is 0.00931. The van der Waals surface area contributed by atoms with Crippen LogP contribution in [0.3, 0.4) is 0 Å². The van der Waals surface area contributed by atoms with E-state index in [4.69, 9.17) is 16.3 Å². The van der Waals surface area contributed by atoms with E-state index in [-0.39, 0.29) is 18.1 Å². The molecule has 2 nitrogen and oxygen atoms in total. The fraction of sp³-hybridized carbons (Fsp3) is 0.714. The molecule has 1 aliphatic carbocycles. The van der Waals surface area contributed by atoms with E-state index in [0.717, 1.165) is 35.6 Å². The Hall–Kier alpha value is -0.730. The molecular weight excluding hydrogens is 320 g/mol. The van der Waals surface area contributed by atoms with Crippen LogP contribution in [0.4, 0.5) is 0 Å². The van der Waals surface area contributed by atoms with Gasteiger partial charge in [-0.3, -0.25) is 0 Å². The Morgan fingerprint density at radius 3 is 2.54 bits per heavy atom. The Bertz CT molecular complexity index is 549. The van der Waals surface area contributed by atoms with Crippen molar-refractivity contribution in [2.75, 3.05) is 0 Å². The molecule has 1 aromatic rings. The van der Waals surface area contributed by atoms with Gasteiger partial charge in [0.1, 0.15) is 11.9 Å². The lowest BCUT2D eigenvalue weighted by atomic mass is 9.80. The van der Waals surface area contributed by atoms with Gasteiger partial charge in [0.25, 0.3) is 0 Å². The zero-order valence-electron chi connectivity index (χ0n) is 15.1. The monoisotopic (exact) mass is 350 g/mol. The van der Waals surface area contributed by atoms with Crippen molar-refractivity contribution in [2.45, 2.75) is 95.7 Å². The minimum absolute atomic E-state index is 0.0915. The Morgan fingerprint density at radius 2 is 1.88 bits per heavy atom. The zero-order chi connectivity index (χ0) is 17.1. The molecule has 1 aromatic carbocycles. The van der Waals surface area contributed by atoms with E-state index < -0.39 is 0 Å². The quantitative estimate of drug-likeness (QED) is 0.634. The van der Waals surface area contributed by atoms with Gasteiger partial charge < -0.3 is 9.84 Å². The van der Waals surface area contributed by atoms with Crippen LogP contribution in [0.5, 0.6) is 5.75 Å². The molecule has 0 saturated heterocycles. The predicted molar refractivity (Wildman–Crippen MR) is 100 cm³/mol. The molecule has 1 saturated carbocycles. The van der Waals surface area contributed by atoms with Crippen molar-refractivity contribution in [3.8, 4) is 5.75 Å². The molecule has 1 fully saturated rings. The standard InChI is InChI=1S/C21H31ClO2/c1-3-5-8-14(9-6-4-2)15-12-17(22)20-16-10-7-11-18(23)21(16)24-19(20)13-15/h12-14,16,18,21,23H,3-11H2,1-2H3. The first-order valence-electron chi connectivity index (χ1n) is 9.83. The van der Waals surface area contributed by atoms with Crippen molar-refractivity contribution in [3.05, 3.63) is 28.3 Å². The van der Waals surface area contributed by atoms with E-state index in [2.05, 4.69) is 26.0 Å². The highest BCUT2D eigenvalue weighted by Gasteiger charge is 2.42. The van der Waals surface area contributed by atoms with Crippen molar-refractivity contribution >= 4 is 11.6 Å². The van der Waals surface area contributed by atoms with Gasteiger partial charge in [0.2, 0.25) is 0 Å². The number of fused-ring (bicyclic) bond motifs is 3. The summed E-state index contributed by atoms with van der Waals surface area (Å²) in [5, 5.41) is 11.1. The molecule has 1 N–H and O–H groups in total. The Kier molecular flexibility index (Phi) is 6.10. The molecule has 2 aliphatic rings. The second kappa shape index (κ2) is 8.10. The predicted octanol–water partition coefficient (Wildman–Crippen LogP) is 6.19. The van der Waals surface area contributed by atoms with Crippen LogP contribution >= 0.6 is 11.6 Å². The molecule has 1 heterocycles. The molecule has 3 atom stereocenters. The number of halogens is 1. The van der Waals surface area contributed by atoms with E-state index in [1.165, 1.54) is 44.1 Å². The number of rotatable bonds is 7. The highest BCUT2D eigenvalue weighted by molar-refractivity contribution is 6.31. The molecule has 1 aliphatic heterocycles. The van der Waals surface area contributed by atoms with Gasteiger partial charge in [-0.15, -0.1) is 0 Å². The van der Waals surface area contributed by atoms with Crippen LogP contribution in [0, 0.1) is 0 Å². The summed E-state index contributed by atoms with van der Waals surface area (Å²) in [6.45, 7) is 4.50. The topological polar surface area (TPSA) is 29.5 Å². The first-order chi connectivity index (χ1) is 11.7. The molecule has 3 rings (SSSR count). The molecule has 0 radical (unpaired) electrons. The fourth-order valence-corrected chi connectivity index (χ4v) is 4.80. The summed E-state index contributed by atoms with van der Waals surface area (Å²) in [4.78, 5) is 0. The Labute approximate surface area is 151 Å². The number of unbranched alkanes of at least 4 members (excludes halogenated alkanes) is 2. The van der Waals surface area contributed by atoms with Crippen LogP contribution in [0.2, 0.25) is 5.02 Å². The van der Waals surface area contributed by atoms with E-state index in [0.29, 0.717) is 5.92 Å². The van der Waals surface area contributed by atoms with E-state index in [1.54, 1.807) is 0 Å². The van der Waals surface area contributed by atoms with Crippen molar-refractivity contribution in [3.63, 3.8) is 0 Å². The summed E-state index contributed by atoms with van der Waals surface area (Å²) < 4.78 is 6.17. The average molecular weight is 351 g/mol. The van der Waals surface area contributed by atoms with Crippen molar-refractivity contribution in [1.29, 1.82) is 0 Å². The van der Waals surface area contributed by atoms with Gasteiger partial charge in [0.15, 0.2) is 0 Å². The number of hydrogen-bond donors (Lipinski definition) is 1. The van der Waals surface area contributed by atoms with Gasteiger partial charge in [0, 0.05) is 16.5 Å². The third-order valence-corrected chi connectivity index (χ3v) is 6.13. The second-order valence-electron chi connectivity index (χ2n) is 7.58. The van der Waals surface area contributed by atoms with Gasteiger partial charge in [-0.2, -0.15) is 0 Å². The third-order valence-electron chi connectivity index (χ3n) is 5.82. The number of benzene rings is 1. The number of aliphatic hydroxyl groups is 1. The SMILES string of the molecule is CCCCC(CCCC)c1cc(Cl)c2c(c1)OC1C(O)CCCC21. The highest BCUT2D eigenvalue weighted by atomic mass is 35.5. The highest BCUT2D eigenvalue weighted by Crippen LogP contribution is 2.50. The molecular formula is C21H31ClO2. The fourth-order valence-electron chi connectivity index (χ4n) is 4.44. The van der Waals surface area contributed by atoms with E-state index in [9.17, 15) is 5.11 Å². The number of aliphatic hydroxyl groups excluding tert-OH is 1. The maximum absolute atomic E-state index is 10.3. The minimum atomic E-state index is -0.355. The zero-order valence-corrected chi connectivity index (χ0v) is 15.8. The summed E-state index contributed by atoms with van der Waals surface area (Å²) in [7, 11) is 0. The van der Waals surface area contributed by atoms with Crippen LogP contribution in [0.15, 0.2) is 12.1 Å². The first kappa shape index (κ1) is 18.1. The lowest BCUT2D eigenvalue weighted by Crippen LogP contribution is -2.36. The number of ether oxygens (including phenoxy) is 1. The van der Waals surface area contributed by atoms with Crippen LogP contribution in [-0.4, -0.2) is 17.3 Å². The summed E-state index contributed by atoms with van der Waals surface area (Å²) >= 11 is 6.69.